The molecule has 0 radical (unpaired) electrons. The van der Waals surface area contributed by atoms with Crippen LogP contribution in [0.2, 0.25) is 0 Å². The summed E-state index contributed by atoms with van der Waals surface area (Å²) in [5.74, 6) is 0. The van der Waals surface area contributed by atoms with Gasteiger partial charge in [0.2, 0.25) is 10.0 Å². The Hall–Kier alpha value is -0.470. The summed E-state index contributed by atoms with van der Waals surface area (Å²) >= 11 is 3.37. The molecule has 1 N–H and O–H groups in total. The lowest BCUT2D eigenvalue weighted by molar-refractivity contribution is -0.0114. The smallest absolute Gasteiger partial charge is 0.244 e. The van der Waals surface area contributed by atoms with Crippen molar-refractivity contribution in [2.45, 2.75) is 43.5 Å². The summed E-state index contributed by atoms with van der Waals surface area (Å²) in [5, 5.41) is 9.30. The lowest BCUT2D eigenvalue weighted by atomic mass is 10.1. The highest BCUT2D eigenvalue weighted by atomic mass is 79.9. The number of nitrogens with zero attached hydrogens (tertiary/aromatic N) is 1. The van der Waals surface area contributed by atoms with Crippen molar-refractivity contribution in [2.24, 2.45) is 0 Å². The minimum atomic E-state index is -3.58. The van der Waals surface area contributed by atoms with Gasteiger partial charge >= 0.3 is 0 Å². The second kappa shape index (κ2) is 5.62. The molecule has 2 heterocycles. The van der Waals surface area contributed by atoms with E-state index in [1.165, 1.54) is 4.31 Å². The summed E-state index contributed by atoms with van der Waals surface area (Å²) in [7, 11) is -3.58. The molecule has 2 atom stereocenters. The lowest BCUT2D eigenvalue weighted by Gasteiger charge is -2.31. The third kappa shape index (κ3) is 2.77. The van der Waals surface area contributed by atoms with Gasteiger partial charge in [0.25, 0.3) is 0 Å². The van der Waals surface area contributed by atoms with Gasteiger partial charge in [0.1, 0.15) is 0 Å². The van der Waals surface area contributed by atoms with Gasteiger partial charge in [0, 0.05) is 17.6 Å². The van der Waals surface area contributed by atoms with Crippen molar-refractivity contribution in [1.29, 1.82) is 0 Å². The summed E-state index contributed by atoms with van der Waals surface area (Å²) in [6.07, 6.45) is 1.88. The normalized spacial score (nSPS) is 26.2. The first-order valence-electron chi connectivity index (χ1n) is 6.97. The van der Waals surface area contributed by atoms with Crippen LogP contribution in [0.1, 0.15) is 24.0 Å². The average Bonchev–Trinajstić information content (AvgIpc) is 2.79. The molecule has 7 heteroatoms. The number of ether oxygens (including phenoxy) is 1. The average molecular weight is 376 g/mol. The fourth-order valence-electron chi connectivity index (χ4n) is 3.00. The molecule has 2 fully saturated rings. The number of aliphatic hydroxyl groups excluding tert-OH is 1. The van der Waals surface area contributed by atoms with Crippen LogP contribution in [0.4, 0.5) is 0 Å². The van der Waals surface area contributed by atoms with Crippen LogP contribution in [-0.2, 0) is 21.4 Å². The molecule has 0 amide bonds. The van der Waals surface area contributed by atoms with Gasteiger partial charge in [-0.2, -0.15) is 4.31 Å². The Morgan fingerprint density at radius 3 is 2.52 bits per heavy atom. The fraction of sp³-hybridized carbons (Fsp3) is 0.571. The molecule has 5 nitrogen and oxygen atoms in total. The predicted octanol–water partition coefficient (Wildman–Crippen LogP) is 1.80. The Kier molecular flexibility index (Phi) is 4.13. The van der Waals surface area contributed by atoms with Crippen LogP contribution in [0.3, 0.4) is 0 Å². The van der Waals surface area contributed by atoms with Crippen molar-refractivity contribution in [1.82, 2.24) is 4.31 Å². The van der Waals surface area contributed by atoms with Crippen LogP contribution < -0.4 is 0 Å². The third-order valence-corrected chi connectivity index (χ3v) is 7.26. The predicted molar refractivity (Wildman–Crippen MR) is 81.5 cm³/mol. The van der Waals surface area contributed by atoms with Crippen LogP contribution in [0.25, 0.3) is 0 Å². The first-order chi connectivity index (χ1) is 9.91. The van der Waals surface area contributed by atoms with Crippen molar-refractivity contribution in [3.05, 3.63) is 27.7 Å². The largest absolute Gasteiger partial charge is 0.392 e. The molecule has 2 saturated heterocycles. The number of hydrogen-bond acceptors (Lipinski definition) is 4. The summed E-state index contributed by atoms with van der Waals surface area (Å²) in [6.45, 7) is 2.47. The Morgan fingerprint density at radius 2 is 1.95 bits per heavy atom. The molecular formula is C14H18BrNO4S. The zero-order valence-electron chi connectivity index (χ0n) is 11.8. The van der Waals surface area contributed by atoms with E-state index >= 15 is 0 Å². The molecule has 2 unspecified atom stereocenters. The molecule has 2 aliphatic rings. The molecule has 21 heavy (non-hydrogen) atoms. The minimum Gasteiger partial charge on any atom is -0.392 e. The Bertz CT molecular complexity index is 649. The van der Waals surface area contributed by atoms with E-state index in [4.69, 9.17) is 4.74 Å². The Morgan fingerprint density at radius 1 is 1.33 bits per heavy atom. The maximum atomic E-state index is 12.9. The van der Waals surface area contributed by atoms with Crippen LogP contribution in [0.5, 0.6) is 0 Å². The van der Waals surface area contributed by atoms with Crippen molar-refractivity contribution >= 4 is 26.0 Å². The monoisotopic (exact) mass is 375 g/mol. The van der Waals surface area contributed by atoms with Crippen LogP contribution in [-0.4, -0.2) is 43.1 Å². The summed E-state index contributed by atoms with van der Waals surface area (Å²) < 4.78 is 33.6. The molecular weight excluding hydrogens is 358 g/mol. The first-order valence-corrected chi connectivity index (χ1v) is 9.20. The fourth-order valence-corrected chi connectivity index (χ4v) is 5.53. The van der Waals surface area contributed by atoms with Crippen molar-refractivity contribution in [3.63, 3.8) is 0 Å². The number of halogens is 1. The summed E-state index contributed by atoms with van der Waals surface area (Å²) in [5.41, 5.74) is 1.40. The van der Waals surface area contributed by atoms with Gasteiger partial charge in [-0.15, -0.1) is 0 Å². The van der Waals surface area contributed by atoms with Gasteiger partial charge in [-0.3, -0.25) is 0 Å². The molecule has 1 aromatic rings. The third-order valence-electron chi connectivity index (χ3n) is 4.09. The zero-order valence-corrected chi connectivity index (χ0v) is 14.2. The first kappa shape index (κ1) is 15.4. The maximum absolute atomic E-state index is 12.9. The van der Waals surface area contributed by atoms with Crippen molar-refractivity contribution in [3.8, 4) is 0 Å². The number of fused-ring (bicyclic) bond motifs is 2. The molecule has 0 aliphatic carbocycles. The zero-order chi connectivity index (χ0) is 15.2. The van der Waals surface area contributed by atoms with E-state index in [1.54, 1.807) is 12.1 Å². The van der Waals surface area contributed by atoms with Crippen molar-refractivity contribution < 1.29 is 18.3 Å². The van der Waals surface area contributed by atoms with E-state index in [-0.39, 0.29) is 23.7 Å². The quantitative estimate of drug-likeness (QED) is 0.874. The molecule has 0 saturated carbocycles. The number of aliphatic hydroxyl groups is 1. The second-order valence-electron chi connectivity index (χ2n) is 5.66. The van der Waals surface area contributed by atoms with Gasteiger partial charge in [-0.05, 0) is 52.9 Å². The van der Waals surface area contributed by atoms with E-state index in [9.17, 15) is 13.5 Å². The summed E-state index contributed by atoms with van der Waals surface area (Å²) in [4.78, 5) is 0.229. The van der Waals surface area contributed by atoms with E-state index in [1.807, 2.05) is 6.92 Å². The molecule has 0 spiro atoms. The molecule has 2 bridgehead atoms. The van der Waals surface area contributed by atoms with Gasteiger partial charge in [-0.1, -0.05) is 6.07 Å². The lowest BCUT2D eigenvalue weighted by Crippen LogP contribution is -2.45. The van der Waals surface area contributed by atoms with Gasteiger partial charge < -0.3 is 9.84 Å². The number of sulfonamides is 1. The standard InChI is InChI=1S/C14H18BrNO4S/c1-9-4-10(8-17)5-13(14(9)15)21(18,19)16-6-11-2-3-12(7-16)20-11/h4-5,11-12,17H,2-3,6-8H2,1H3. The van der Waals surface area contributed by atoms with Crippen LogP contribution in [0.15, 0.2) is 21.5 Å². The van der Waals surface area contributed by atoms with E-state index in [0.29, 0.717) is 23.1 Å². The summed E-state index contributed by atoms with van der Waals surface area (Å²) in [6, 6.07) is 3.33. The van der Waals surface area contributed by atoms with Gasteiger partial charge in [0.15, 0.2) is 0 Å². The van der Waals surface area contributed by atoms with E-state index in [2.05, 4.69) is 15.9 Å². The molecule has 1 aromatic carbocycles. The number of rotatable bonds is 3. The van der Waals surface area contributed by atoms with Crippen LogP contribution in [0, 0.1) is 6.92 Å². The Balaban J connectivity index is 2.00. The SMILES string of the molecule is Cc1cc(CO)cc(S(=O)(=O)N2CC3CCC(C2)O3)c1Br. The number of aryl methyl sites for hydroxylation is 1. The minimum absolute atomic E-state index is 0.0134. The molecule has 2 aliphatic heterocycles. The van der Waals surface area contributed by atoms with E-state index in [0.717, 1.165) is 18.4 Å². The highest BCUT2D eigenvalue weighted by Gasteiger charge is 2.40. The molecule has 0 aromatic heterocycles. The Labute approximate surface area is 133 Å². The number of hydrogen-bond donors (Lipinski definition) is 1. The topological polar surface area (TPSA) is 66.8 Å². The number of morpholine rings is 1. The van der Waals surface area contributed by atoms with Crippen molar-refractivity contribution in [2.75, 3.05) is 13.1 Å². The number of benzene rings is 1. The molecule has 116 valence electrons. The van der Waals surface area contributed by atoms with Crippen LogP contribution >= 0.6 is 15.9 Å². The highest BCUT2D eigenvalue weighted by molar-refractivity contribution is 9.10. The van der Waals surface area contributed by atoms with Gasteiger partial charge in [-0.25, -0.2) is 8.42 Å². The maximum Gasteiger partial charge on any atom is 0.244 e. The van der Waals surface area contributed by atoms with E-state index < -0.39 is 10.0 Å². The second-order valence-corrected chi connectivity index (χ2v) is 8.36. The van der Waals surface area contributed by atoms with Gasteiger partial charge in [0.05, 0.1) is 23.7 Å². The molecule has 3 rings (SSSR count). The highest BCUT2D eigenvalue weighted by Crippen LogP contribution is 2.34.